The second kappa shape index (κ2) is 6.60. The smallest absolute Gasteiger partial charge is 0.165 e. The van der Waals surface area contributed by atoms with E-state index in [9.17, 15) is 9.18 Å². The number of para-hydroxylation sites is 1. The van der Waals surface area contributed by atoms with Gasteiger partial charge in [0.05, 0.1) is 0 Å². The minimum absolute atomic E-state index is 0.0154. The van der Waals surface area contributed by atoms with Crippen LogP contribution in [0.15, 0.2) is 48.5 Å². The molecule has 2 aromatic rings. The van der Waals surface area contributed by atoms with Crippen molar-refractivity contribution in [1.82, 2.24) is 4.90 Å². The van der Waals surface area contributed by atoms with Gasteiger partial charge in [-0.15, -0.1) is 0 Å². The highest BCUT2D eigenvalue weighted by Gasteiger charge is 2.37. The van der Waals surface area contributed by atoms with Gasteiger partial charge in [0, 0.05) is 42.8 Å². The molecule has 3 nitrogen and oxygen atoms in total. The molecule has 0 aromatic heterocycles. The third-order valence-electron chi connectivity index (χ3n) is 5.59. The van der Waals surface area contributed by atoms with E-state index in [1.54, 1.807) is 0 Å². The monoisotopic (exact) mass is 338 g/mol. The minimum Gasteiger partial charge on any atom is -0.379 e. The first-order chi connectivity index (χ1) is 12.1. The quantitative estimate of drug-likeness (QED) is 0.888. The fraction of sp³-hybridized carbons (Fsp3) is 0.381. The number of anilines is 1. The van der Waals surface area contributed by atoms with E-state index in [-0.39, 0.29) is 17.1 Å². The summed E-state index contributed by atoms with van der Waals surface area (Å²) in [5.74, 6) is 0.0565. The number of nitrogens with one attached hydrogen (secondary N) is 1. The van der Waals surface area contributed by atoms with E-state index in [1.807, 2.05) is 36.4 Å². The number of ketones is 1. The number of hydrogen-bond acceptors (Lipinski definition) is 3. The van der Waals surface area contributed by atoms with Crippen LogP contribution in [0.25, 0.3) is 0 Å². The van der Waals surface area contributed by atoms with Gasteiger partial charge in [0.25, 0.3) is 0 Å². The number of Topliss-reactive ketones (excluding diaryl/α,β-unsaturated/α-hetero) is 1. The van der Waals surface area contributed by atoms with Crippen molar-refractivity contribution < 1.29 is 9.18 Å². The highest BCUT2D eigenvalue weighted by atomic mass is 19.1. The average Bonchev–Trinajstić information content (AvgIpc) is 2.77. The molecule has 130 valence electrons. The lowest BCUT2D eigenvalue weighted by Crippen LogP contribution is -2.48. The van der Waals surface area contributed by atoms with Crippen LogP contribution >= 0.6 is 0 Å². The van der Waals surface area contributed by atoms with Crippen molar-refractivity contribution >= 4 is 11.5 Å². The van der Waals surface area contributed by atoms with E-state index in [2.05, 4.69) is 10.2 Å². The van der Waals surface area contributed by atoms with Crippen molar-refractivity contribution in [2.75, 3.05) is 18.4 Å². The van der Waals surface area contributed by atoms with Crippen molar-refractivity contribution in [3.63, 3.8) is 0 Å². The van der Waals surface area contributed by atoms with Gasteiger partial charge >= 0.3 is 0 Å². The highest BCUT2D eigenvalue weighted by Crippen LogP contribution is 2.36. The molecule has 0 saturated carbocycles. The largest absolute Gasteiger partial charge is 0.379 e. The zero-order valence-corrected chi connectivity index (χ0v) is 14.3. The van der Waals surface area contributed by atoms with Crippen LogP contribution in [0, 0.1) is 5.82 Å². The normalized spacial score (nSPS) is 20.0. The maximum absolute atomic E-state index is 13.0. The number of nitrogens with zero attached hydrogens (tertiary/aromatic N) is 1. The Bertz CT molecular complexity index is 764. The number of halogens is 1. The summed E-state index contributed by atoms with van der Waals surface area (Å²) in [6.07, 6.45) is 3.55. The number of carbonyl (C=O) groups is 1. The maximum Gasteiger partial charge on any atom is 0.165 e. The molecule has 2 aliphatic rings. The fourth-order valence-corrected chi connectivity index (χ4v) is 4.03. The van der Waals surface area contributed by atoms with Crippen LogP contribution in [0.1, 0.15) is 41.6 Å². The standard InChI is InChI=1S/C21H23FN2O/c22-17-7-5-16(6-8-17)15-24-13-11-21(12-14-24)10-9-20(25)18-3-1-2-4-19(18)23-21/h1-8,23H,9-15H2. The predicted molar refractivity (Wildman–Crippen MR) is 97.3 cm³/mol. The number of rotatable bonds is 2. The molecule has 1 N–H and O–H groups in total. The first kappa shape index (κ1) is 16.3. The predicted octanol–water partition coefficient (Wildman–Crippen LogP) is 4.25. The highest BCUT2D eigenvalue weighted by molar-refractivity contribution is 6.02. The lowest BCUT2D eigenvalue weighted by Gasteiger charge is -2.42. The molecule has 0 atom stereocenters. The van der Waals surface area contributed by atoms with Crippen molar-refractivity contribution in [3.05, 3.63) is 65.5 Å². The number of likely N-dealkylation sites (tertiary alicyclic amines) is 1. The van der Waals surface area contributed by atoms with Crippen molar-refractivity contribution in [2.24, 2.45) is 0 Å². The van der Waals surface area contributed by atoms with E-state index in [1.165, 1.54) is 12.1 Å². The van der Waals surface area contributed by atoms with Crippen LogP contribution in [0.5, 0.6) is 0 Å². The Morgan fingerprint density at radius 3 is 2.48 bits per heavy atom. The molecule has 0 aliphatic carbocycles. The van der Waals surface area contributed by atoms with Gasteiger partial charge in [-0.3, -0.25) is 9.69 Å². The molecule has 4 heteroatoms. The Hall–Kier alpha value is -2.20. The molecule has 2 aliphatic heterocycles. The number of benzene rings is 2. The van der Waals surface area contributed by atoms with Gasteiger partial charge in [-0.2, -0.15) is 0 Å². The summed E-state index contributed by atoms with van der Waals surface area (Å²) in [6.45, 7) is 2.83. The molecule has 0 radical (unpaired) electrons. The molecule has 1 spiro atoms. The first-order valence-electron chi connectivity index (χ1n) is 9.01. The van der Waals surface area contributed by atoms with E-state index in [4.69, 9.17) is 0 Å². The van der Waals surface area contributed by atoms with Crippen LogP contribution < -0.4 is 5.32 Å². The first-order valence-corrected chi connectivity index (χ1v) is 9.01. The number of carbonyl (C=O) groups excluding carboxylic acids is 1. The average molecular weight is 338 g/mol. The van der Waals surface area contributed by atoms with Crippen LogP contribution in [-0.4, -0.2) is 29.3 Å². The Morgan fingerprint density at radius 1 is 1.00 bits per heavy atom. The zero-order valence-electron chi connectivity index (χ0n) is 14.3. The second-order valence-corrected chi connectivity index (χ2v) is 7.28. The van der Waals surface area contributed by atoms with Crippen LogP contribution in [-0.2, 0) is 6.54 Å². The molecule has 0 bridgehead atoms. The molecule has 2 aromatic carbocycles. The van der Waals surface area contributed by atoms with E-state index >= 15 is 0 Å². The molecule has 1 fully saturated rings. The van der Waals surface area contributed by atoms with E-state index in [0.29, 0.717) is 6.42 Å². The lowest BCUT2D eigenvalue weighted by molar-refractivity contribution is 0.0964. The summed E-state index contributed by atoms with van der Waals surface area (Å²) in [5, 5.41) is 3.70. The molecule has 0 amide bonds. The summed E-state index contributed by atoms with van der Waals surface area (Å²) in [6, 6.07) is 14.6. The molecule has 1 saturated heterocycles. The van der Waals surface area contributed by atoms with Gasteiger partial charge in [0.15, 0.2) is 5.78 Å². The topological polar surface area (TPSA) is 32.3 Å². The molecular formula is C21H23FN2O. The Labute approximate surface area is 147 Å². The molecular weight excluding hydrogens is 315 g/mol. The van der Waals surface area contributed by atoms with Crippen LogP contribution in [0.4, 0.5) is 10.1 Å². The third kappa shape index (κ3) is 3.45. The van der Waals surface area contributed by atoms with Crippen molar-refractivity contribution in [1.29, 1.82) is 0 Å². The van der Waals surface area contributed by atoms with Gasteiger partial charge in [-0.05, 0) is 49.1 Å². The van der Waals surface area contributed by atoms with Gasteiger partial charge in [-0.25, -0.2) is 4.39 Å². The molecule has 2 heterocycles. The van der Waals surface area contributed by atoms with E-state index in [0.717, 1.165) is 55.7 Å². The van der Waals surface area contributed by atoms with Gasteiger partial charge in [-0.1, -0.05) is 24.3 Å². The van der Waals surface area contributed by atoms with Crippen molar-refractivity contribution in [3.8, 4) is 0 Å². The fourth-order valence-electron chi connectivity index (χ4n) is 4.03. The molecule has 4 rings (SSSR count). The summed E-state index contributed by atoms with van der Waals surface area (Å²) in [4.78, 5) is 14.8. The van der Waals surface area contributed by atoms with Gasteiger partial charge < -0.3 is 5.32 Å². The Balaban J connectivity index is 1.44. The Morgan fingerprint density at radius 2 is 1.72 bits per heavy atom. The number of fused-ring (bicyclic) bond motifs is 1. The molecule has 25 heavy (non-hydrogen) atoms. The van der Waals surface area contributed by atoms with Crippen LogP contribution in [0.3, 0.4) is 0 Å². The number of piperidine rings is 1. The summed E-state index contributed by atoms with van der Waals surface area (Å²) in [5.41, 5.74) is 2.97. The Kier molecular flexibility index (Phi) is 4.30. The molecule has 0 unspecified atom stereocenters. The third-order valence-corrected chi connectivity index (χ3v) is 5.59. The van der Waals surface area contributed by atoms with E-state index < -0.39 is 0 Å². The summed E-state index contributed by atoms with van der Waals surface area (Å²) >= 11 is 0. The van der Waals surface area contributed by atoms with Crippen LogP contribution in [0.2, 0.25) is 0 Å². The number of hydrogen-bond donors (Lipinski definition) is 1. The van der Waals surface area contributed by atoms with Gasteiger partial charge in [0.2, 0.25) is 0 Å². The summed E-state index contributed by atoms with van der Waals surface area (Å²) < 4.78 is 13.0. The zero-order chi connectivity index (χ0) is 17.3. The SMILES string of the molecule is O=C1CCC2(CCN(Cc3ccc(F)cc3)CC2)Nc2ccccc21. The lowest BCUT2D eigenvalue weighted by atomic mass is 9.83. The maximum atomic E-state index is 13.0. The second-order valence-electron chi connectivity index (χ2n) is 7.28. The summed E-state index contributed by atoms with van der Waals surface area (Å²) in [7, 11) is 0. The minimum atomic E-state index is -0.188. The van der Waals surface area contributed by atoms with Gasteiger partial charge in [0.1, 0.15) is 5.82 Å². The van der Waals surface area contributed by atoms with Crippen molar-refractivity contribution in [2.45, 2.75) is 37.8 Å².